The SMILES string of the molecule is CCCCNP(=O)(OCc1ccccc1)OCc1ccccc1. The lowest BCUT2D eigenvalue weighted by atomic mass is 10.2. The first-order chi connectivity index (χ1) is 11.2. The smallest absolute Gasteiger partial charge is 0.292 e. The highest BCUT2D eigenvalue weighted by Gasteiger charge is 2.24. The van der Waals surface area contributed by atoms with Gasteiger partial charge in [-0.25, -0.2) is 9.65 Å². The van der Waals surface area contributed by atoms with Gasteiger partial charge >= 0.3 is 7.75 Å². The minimum absolute atomic E-state index is 0.256. The zero-order valence-corrected chi connectivity index (χ0v) is 14.4. The molecule has 124 valence electrons. The highest BCUT2D eigenvalue weighted by Crippen LogP contribution is 2.45. The third-order valence-corrected chi connectivity index (χ3v) is 4.87. The number of rotatable bonds is 10. The third-order valence-electron chi connectivity index (χ3n) is 3.32. The van der Waals surface area contributed by atoms with Crippen LogP contribution >= 0.6 is 7.75 Å². The van der Waals surface area contributed by atoms with Crippen molar-refractivity contribution in [2.45, 2.75) is 33.0 Å². The molecule has 0 saturated carbocycles. The van der Waals surface area contributed by atoms with Crippen molar-refractivity contribution in [2.75, 3.05) is 6.54 Å². The molecule has 0 aromatic heterocycles. The molecule has 0 unspecified atom stereocenters. The molecule has 0 heterocycles. The second-order valence-corrected chi connectivity index (χ2v) is 7.10. The summed E-state index contributed by atoms with van der Waals surface area (Å²) in [5, 5.41) is 2.95. The van der Waals surface area contributed by atoms with Crippen LogP contribution < -0.4 is 5.09 Å². The number of hydrogen-bond donors (Lipinski definition) is 1. The topological polar surface area (TPSA) is 47.6 Å². The van der Waals surface area contributed by atoms with Crippen LogP contribution in [-0.4, -0.2) is 6.54 Å². The fourth-order valence-corrected chi connectivity index (χ4v) is 3.32. The molecule has 0 amide bonds. The van der Waals surface area contributed by atoms with Crippen LogP contribution in [0.1, 0.15) is 30.9 Å². The van der Waals surface area contributed by atoms with E-state index >= 15 is 0 Å². The Balaban J connectivity index is 1.94. The Hall–Kier alpha value is -1.45. The van der Waals surface area contributed by atoms with Gasteiger partial charge in [0, 0.05) is 6.54 Å². The Kier molecular flexibility index (Phi) is 7.50. The number of nitrogens with one attached hydrogen (secondary N) is 1. The molecule has 0 aliphatic carbocycles. The van der Waals surface area contributed by atoms with Crippen LogP contribution in [0, 0.1) is 0 Å². The van der Waals surface area contributed by atoms with Gasteiger partial charge in [0.15, 0.2) is 0 Å². The molecule has 2 rings (SSSR count). The Morgan fingerprint density at radius 1 is 0.870 bits per heavy atom. The van der Waals surface area contributed by atoms with E-state index in [9.17, 15) is 4.57 Å². The third kappa shape index (κ3) is 6.67. The Morgan fingerprint density at radius 3 is 1.78 bits per heavy atom. The average molecular weight is 333 g/mol. The summed E-state index contributed by atoms with van der Waals surface area (Å²) in [4.78, 5) is 0. The van der Waals surface area contributed by atoms with E-state index < -0.39 is 7.75 Å². The monoisotopic (exact) mass is 333 g/mol. The van der Waals surface area contributed by atoms with Crippen molar-refractivity contribution < 1.29 is 13.6 Å². The van der Waals surface area contributed by atoms with Gasteiger partial charge in [0.1, 0.15) is 0 Å². The lowest BCUT2D eigenvalue weighted by molar-refractivity contribution is 0.182. The van der Waals surface area contributed by atoms with E-state index in [1.54, 1.807) is 0 Å². The first-order valence-corrected chi connectivity index (χ1v) is 9.48. The van der Waals surface area contributed by atoms with Crippen molar-refractivity contribution in [3.05, 3.63) is 71.8 Å². The van der Waals surface area contributed by atoms with Gasteiger partial charge in [-0.2, -0.15) is 0 Å². The molecule has 4 nitrogen and oxygen atoms in total. The van der Waals surface area contributed by atoms with E-state index in [2.05, 4.69) is 12.0 Å². The molecular formula is C18H24NO3P. The maximum absolute atomic E-state index is 12.9. The number of hydrogen-bond acceptors (Lipinski definition) is 3. The van der Waals surface area contributed by atoms with Gasteiger partial charge in [-0.1, -0.05) is 74.0 Å². The van der Waals surface area contributed by atoms with E-state index in [1.807, 2.05) is 60.7 Å². The van der Waals surface area contributed by atoms with Crippen molar-refractivity contribution in [1.82, 2.24) is 5.09 Å². The van der Waals surface area contributed by atoms with Crippen molar-refractivity contribution in [2.24, 2.45) is 0 Å². The summed E-state index contributed by atoms with van der Waals surface area (Å²) in [6, 6.07) is 19.3. The van der Waals surface area contributed by atoms with Gasteiger partial charge in [-0.05, 0) is 17.5 Å². The van der Waals surface area contributed by atoms with Crippen LogP contribution in [0.3, 0.4) is 0 Å². The summed E-state index contributed by atoms with van der Waals surface area (Å²) in [6.07, 6.45) is 1.94. The summed E-state index contributed by atoms with van der Waals surface area (Å²) in [7, 11) is -3.33. The second kappa shape index (κ2) is 9.64. The number of benzene rings is 2. The largest absolute Gasteiger partial charge is 0.406 e. The molecule has 23 heavy (non-hydrogen) atoms. The highest BCUT2D eigenvalue weighted by molar-refractivity contribution is 7.51. The van der Waals surface area contributed by atoms with Crippen LogP contribution in [0.2, 0.25) is 0 Å². The second-order valence-electron chi connectivity index (χ2n) is 5.28. The zero-order chi connectivity index (χ0) is 16.4. The summed E-state index contributed by atoms with van der Waals surface area (Å²) in [5.41, 5.74) is 1.93. The molecule has 0 saturated heterocycles. The molecule has 2 aromatic carbocycles. The lowest BCUT2D eigenvalue weighted by Crippen LogP contribution is -2.16. The molecule has 0 fully saturated rings. The van der Waals surface area contributed by atoms with Gasteiger partial charge < -0.3 is 0 Å². The Labute approximate surface area is 138 Å². The fraction of sp³-hybridized carbons (Fsp3) is 0.333. The molecular weight excluding hydrogens is 309 g/mol. The summed E-state index contributed by atoms with van der Waals surface area (Å²) >= 11 is 0. The zero-order valence-electron chi connectivity index (χ0n) is 13.5. The molecule has 5 heteroatoms. The van der Waals surface area contributed by atoms with Crippen LogP contribution in [-0.2, 0) is 26.8 Å². The van der Waals surface area contributed by atoms with E-state index in [0.717, 1.165) is 24.0 Å². The standard InChI is InChI=1S/C18H24NO3P/c1-2-3-14-19-23(20,21-15-17-10-6-4-7-11-17)22-16-18-12-8-5-9-13-18/h4-13H,2-3,14-16H2,1H3,(H,19,20). The quantitative estimate of drug-likeness (QED) is 0.495. The first-order valence-electron chi connectivity index (χ1n) is 7.94. The van der Waals surface area contributed by atoms with Crippen molar-refractivity contribution in [3.63, 3.8) is 0 Å². The Morgan fingerprint density at radius 2 is 1.35 bits per heavy atom. The van der Waals surface area contributed by atoms with Gasteiger partial charge in [-0.15, -0.1) is 0 Å². The Bertz CT molecular complexity index is 557. The molecule has 2 aromatic rings. The predicted molar refractivity (Wildman–Crippen MR) is 93.0 cm³/mol. The van der Waals surface area contributed by atoms with E-state index in [0.29, 0.717) is 6.54 Å². The maximum atomic E-state index is 12.9. The molecule has 0 aliphatic rings. The fourth-order valence-electron chi connectivity index (χ4n) is 1.99. The van der Waals surface area contributed by atoms with Gasteiger partial charge in [0.2, 0.25) is 0 Å². The summed E-state index contributed by atoms with van der Waals surface area (Å²) < 4.78 is 24.1. The van der Waals surface area contributed by atoms with Crippen LogP contribution in [0.5, 0.6) is 0 Å². The highest BCUT2D eigenvalue weighted by atomic mass is 31.2. The predicted octanol–water partition coefficient (Wildman–Crippen LogP) is 4.92. The molecule has 0 aliphatic heterocycles. The molecule has 0 spiro atoms. The van der Waals surface area contributed by atoms with E-state index in [4.69, 9.17) is 9.05 Å². The maximum Gasteiger partial charge on any atom is 0.406 e. The van der Waals surface area contributed by atoms with Crippen LogP contribution in [0.15, 0.2) is 60.7 Å². The molecule has 0 atom stereocenters. The first kappa shape index (κ1) is 17.9. The van der Waals surface area contributed by atoms with E-state index in [1.165, 1.54) is 0 Å². The molecule has 0 radical (unpaired) electrons. The van der Waals surface area contributed by atoms with E-state index in [-0.39, 0.29) is 13.2 Å². The van der Waals surface area contributed by atoms with Crippen LogP contribution in [0.25, 0.3) is 0 Å². The van der Waals surface area contributed by atoms with Gasteiger partial charge in [0.05, 0.1) is 13.2 Å². The van der Waals surface area contributed by atoms with Crippen LogP contribution in [0.4, 0.5) is 0 Å². The average Bonchev–Trinajstić information content (AvgIpc) is 2.61. The normalized spacial score (nSPS) is 11.5. The lowest BCUT2D eigenvalue weighted by Gasteiger charge is -2.19. The summed E-state index contributed by atoms with van der Waals surface area (Å²) in [6.45, 7) is 3.21. The molecule has 1 N–H and O–H groups in total. The van der Waals surface area contributed by atoms with Crippen molar-refractivity contribution in [1.29, 1.82) is 0 Å². The van der Waals surface area contributed by atoms with Crippen molar-refractivity contribution in [3.8, 4) is 0 Å². The summed E-state index contributed by atoms with van der Waals surface area (Å²) in [5.74, 6) is 0. The van der Waals surface area contributed by atoms with Gasteiger partial charge in [-0.3, -0.25) is 9.05 Å². The molecule has 0 bridgehead atoms. The minimum atomic E-state index is -3.33. The number of unbranched alkanes of at least 4 members (excludes halogenated alkanes) is 1. The van der Waals surface area contributed by atoms with Gasteiger partial charge in [0.25, 0.3) is 0 Å². The van der Waals surface area contributed by atoms with Crippen molar-refractivity contribution >= 4 is 7.75 Å². The minimum Gasteiger partial charge on any atom is -0.292 e.